The summed E-state index contributed by atoms with van der Waals surface area (Å²) in [5.74, 6) is -0.763. The molecule has 1 aliphatic heterocycles. The van der Waals surface area contributed by atoms with E-state index in [-0.39, 0.29) is 18.2 Å². The van der Waals surface area contributed by atoms with E-state index in [1.54, 1.807) is 72.8 Å². The first kappa shape index (κ1) is 24.3. The average Bonchev–Trinajstić information content (AvgIpc) is 2.87. The minimum atomic E-state index is -3.81. The molecule has 182 valence electrons. The number of anilines is 2. The van der Waals surface area contributed by atoms with Gasteiger partial charge in [0.15, 0.2) is 6.10 Å². The molecule has 0 spiro atoms. The molecule has 0 radical (unpaired) electrons. The van der Waals surface area contributed by atoms with Gasteiger partial charge in [0.25, 0.3) is 11.8 Å². The number of carbonyl (C=O) groups excluding carboxylic acids is 2. The molecule has 3 aromatic rings. The van der Waals surface area contributed by atoms with E-state index in [0.717, 1.165) is 6.42 Å². The summed E-state index contributed by atoms with van der Waals surface area (Å²) in [5, 5.41) is 5.54. The Labute approximate surface area is 205 Å². The minimum Gasteiger partial charge on any atom is -0.476 e. The van der Waals surface area contributed by atoms with Crippen molar-refractivity contribution in [3.8, 4) is 5.75 Å². The molecule has 35 heavy (non-hydrogen) atoms. The quantitative estimate of drug-likeness (QED) is 0.499. The van der Waals surface area contributed by atoms with Crippen LogP contribution in [0.1, 0.15) is 29.3 Å². The van der Waals surface area contributed by atoms with Gasteiger partial charge < -0.3 is 15.4 Å². The zero-order valence-corrected chi connectivity index (χ0v) is 20.1. The van der Waals surface area contributed by atoms with Crippen LogP contribution >= 0.6 is 0 Å². The predicted octanol–water partition coefficient (Wildman–Crippen LogP) is 3.56. The van der Waals surface area contributed by atoms with Crippen LogP contribution in [0.25, 0.3) is 0 Å². The molecule has 0 fully saturated rings. The molecule has 1 heterocycles. The highest BCUT2D eigenvalue weighted by molar-refractivity contribution is 7.92. The number of rotatable bonds is 8. The van der Waals surface area contributed by atoms with Crippen LogP contribution < -0.4 is 19.7 Å². The number of nitrogens with one attached hydrogen (secondary N) is 2. The van der Waals surface area contributed by atoms with Crippen molar-refractivity contribution in [1.29, 1.82) is 0 Å². The largest absolute Gasteiger partial charge is 0.476 e. The fourth-order valence-electron chi connectivity index (χ4n) is 3.80. The van der Waals surface area contributed by atoms with Gasteiger partial charge in [-0.25, -0.2) is 8.42 Å². The number of fused-ring (bicyclic) bond motifs is 1. The topological polar surface area (TPSA) is 105 Å². The molecule has 0 bridgehead atoms. The first-order chi connectivity index (χ1) is 16.9. The smallest absolute Gasteiger partial charge is 0.267 e. The molecule has 1 aliphatic rings. The third-order valence-corrected chi connectivity index (χ3v) is 7.24. The molecule has 0 unspecified atom stereocenters. The standard InChI is InChI=1S/C26H27N3O5S/c1-2-16-27-25(30)20-12-6-7-13-21(20)28-26(31)24-17-29(22-14-8-9-15-23(22)34-24)35(32,33)18-19-10-4-3-5-11-19/h3-15,24H,2,16-18H2,1H3,(H,27,30)(H,28,31)/t24-/m0/s1. The van der Waals surface area contributed by atoms with Gasteiger partial charge in [0.2, 0.25) is 10.0 Å². The van der Waals surface area contributed by atoms with Gasteiger partial charge in [0.05, 0.1) is 29.2 Å². The van der Waals surface area contributed by atoms with Crippen LogP contribution in [0.5, 0.6) is 5.75 Å². The highest BCUT2D eigenvalue weighted by atomic mass is 32.2. The number of amides is 2. The summed E-state index contributed by atoms with van der Waals surface area (Å²) < 4.78 is 33.9. The molecule has 0 aliphatic carbocycles. The second-order valence-corrected chi connectivity index (χ2v) is 10.0. The van der Waals surface area contributed by atoms with Gasteiger partial charge in [-0.15, -0.1) is 0 Å². The fraction of sp³-hybridized carbons (Fsp3) is 0.231. The van der Waals surface area contributed by atoms with E-state index in [0.29, 0.717) is 34.8 Å². The second-order valence-electron chi connectivity index (χ2n) is 8.14. The maximum absolute atomic E-state index is 13.4. The third kappa shape index (κ3) is 5.63. The van der Waals surface area contributed by atoms with Crippen LogP contribution in [-0.4, -0.2) is 39.4 Å². The SMILES string of the molecule is CCCNC(=O)c1ccccc1NC(=O)[C@@H]1CN(S(=O)(=O)Cc2ccccc2)c2ccccc2O1. The Morgan fingerprint density at radius 2 is 1.66 bits per heavy atom. The lowest BCUT2D eigenvalue weighted by molar-refractivity contribution is -0.122. The molecule has 3 aromatic carbocycles. The summed E-state index contributed by atoms with van der Waals surface area (Å²) in [5.41, 5.74) is 1.67. The lowest BCUT2D eigenvalue weighted by Gasteiger charge is -2.34. The maximum atomic E-state index is 13.4. The molecule has 2 amide bonds. The molecule has 8 nitrogen and oxygen atoms in total. The third-order valence-electron chi connectivity index (χ3n) is 5.52. The van der Waals surface area contributed by atoms with E-state index in [1.807, 2.05) is 13.0 Å². The zero-order chi connectivity index (χ0) is 24.8. The second kappa shape index (κ2) is 10.6. The lowest BCUT2D eigenvalue weighted by Crippen LogP contribution is -2.49. The number of sulfonamides is 1. The molecule has 0 aromatic heterocycles. The molecule has 4 rings (SSSR count). The van der Waals surface area contributed by atoms with Crippen LogP contribution in [-0.2, 0) is 20.6 Å². The van der Waals surface area contributed by atoms with Gasteiger partial charge in [-0.05, 0) is 36.2 Å². The number of carbonyl (C=O) groups is 2. The summed E-state index contributed by atoms with van der Waals surface area (Å²) in [6.45, 7) is 2.27. The van der Waals surface area contributed by atoms with Gasteiger partial charge in [0.1, 0.15) is 5.75 Å². The minimum absolute atomic E-state index is 0.192. The van der Waals surface area contributed by atoms with Gasteiger partial charge >= 0.3 is 0 Å². The first-order valence-electron chi connectivity index (χ1n) is 11.4. The number of para-hydroxylation sites is 3. The molecule has 2 N–H and O–H groups in total. The van der Waals surface area contributed by atoms with Crippen LogP contribution in [0, 0.1) is 0 Å². The molecule has 9 heteroatoms. The van der Waals surface area contributed by atoms with Crippen LogP contribution in [0.15, 0.2) is 78.9 Å². The van der Waals surface area contributed by atoms with Crippen molar-refractivity contribution in [2.75, 3.05) is 22.7 Å². The van der Waals surface area contributed by atoms with Crippen molar-refractivity contribution < 1.29 is 22.7 Å². The Kier molecular flexibility index (Phi) is 7.36. The number of hydrogen-bond donors (Lipinski definition) is 2. The van der Waals surface area contributed by atoms with Gasteiger partial charge in [-0.3, -0.25) is 13.9 Å². The number of benzene rings is 3. The zero-order valence-electron chi connectivity index (χ0n) is 19.3. The van der Waals surface area contributed by atoms with Crippen molar-refractivity contribution in [2.24, 2.45) is 0 Å². The van der Waals surface area contributed by atoms with Crippen molar-refractivity contribution in [3.63, 3.8) is 0 Å². The van der Waals surface area contributed by atoms with E-state index >= 15 is 0 Å². The normalized spacial score (nSPS) is 15.0. The summed E-state index contributed by atoms with van der Waals surface area (Å²) in [4.78, 5) is 25.7. The average molecular weight is 494 g/mol. The summed E-state index contributed by atoms with van der Waals surface area (Å²) in [7, 11) is -3.81. The van der Waals surface area contributed by atoms with Crippen molar-refractivity contribution in [1.82, 2.24) is 5.32 Å². The summed E-state index contributed by atoms with van der Waals surface area (Å²) >= 11 is 0. The molecular formula is C26H27N3O5S. The van der Waals surface area contributed by atoms with Gasteiger partial charge in [-0.2, -0.15) is 0 Å². The fourth-order valence-corrected chi connectivity index (χ4v) is 5.38. The van der Waals surface area contributed by atoms with E-state index in [1.165, 1.54) is 4.31 Å². The number of nitrogens with zero attached hydrogens (tertiary/aromatic N) is 1. The Morgan fingerprint density at radius 3 is 2.43 bits per heavy atom. The highest BCUT2D eigenvalue weighted by Crippen LogP contribution is 2.36. The van der Waals surface area contributed by atoms with Crippen molar-refractivity contribution in [2.45, 2.75) is 25.2 Å². The summed E-state index contributed by atoms with van der Waals surface area (Å²) in [6, 6.07) is 22.3. The highest BCUT2D eigenvalue weighted by Gasteiger charge is 2.37. The van der Waals surface area contributed by atoms with E-state index in [2.05, 4.69) is 10.6 Å². The van der Waals surface area contributed by atoms with Crippen LogP contribution in [0.4, 0.5) is 11.4 Å². The molecular weight excluding hydrogens is 466 g/mol. The first-order valence-corrected chi connectivity index (χ1v) is 13.0. The van der Waals surface area contributed by atoms with E-state index < -0.39 is 22.0 Å². The molecule has 0 saturated carbocycles. The Balaban J connectivity index is 1.58. The van der Waals surface area contributed by atoms with Crippen LogP contribution in [0.2, 0.25) is 0 Å². The number of ether oxygens (including phenoxy) is 1. The maximum Gasteiger partial charge on any atom is 0.267 e. The lowest BCUT2D eigenvalue weighted by atomic mass is 10.1. The number of hydrogen-bond acceptors (Lipinski definition) is 5. The van der Waals surface area contributed by atoms with E-state index in [9.17, 15) is 18.0 Å². The predicted molar refractivity (Wildman–Crippen MR) is 135 cm³/mol. The van der Waals surface area contributed by atoms with Crippen molar-refractivity contribution >= 4 is 33.2 Å². The Morgan fingerprint density at radius 1 is 0.971 bits per heavy atom. The Hall–Kier alpha value is -3.85. The molecule has 1 atom stereocenters. The van der Waals surface area contributed by atoms with Crippen molar-refractivity contribution in [3.05, 3.63) is 90.0 Å². The van der Waals surface area contributed by atoms with E-state index in [4.69, 9.17) is 4.74 Å². The summed E-state index contributed by atoms with van der Waals surface area (Å²) in [6.07, 6.45) is -0.328. The van der Waals surface area contributed by atoms with Gasteiger partial charge in [0, 0.05) is 6.54 Å². The molecule has 0 saturated heterocycles. The van der Waals surface area contributed by atoms with Gasteiger partial charge in [-0.1, -0.05) is 61.5 Å². The monoisotopic (exact) mass is 493 g/mol. The van der Waals surface area contributed by atoms with Crippen LogP contribution in [0.3, 0.4) is 0 Å². The Bertz CT molecular complexity index is 1310.